The molecule has 140 valence electrons. The van der Waals surface area contributed by atoms with Gasteiger partial charge in [-0.1, -0.05) is 25.4 Å². The number of halogens is 1. The van der Waals surface area contributed by atoms with E-state index >= 15 is 0 Å². The first kappa shape index (κ1) is 18.7. The van der Waals surface area contributed by atoms with E-state index in [1.54, 1.807) is 34.1 Å². The quantitative estimate of drug-likeness (QED) is 0.809. The van der Waals surface area contributed by atoms with E-state index in [1.165, 1.54) is 0 Å². The number of hydrogen-bond donors (Lipinski definition) is 0. The zero-order valence-corrected chi connectivity index (χ0v) is 15.9. The minimum atomic E-state index is -0.328. The summed E-state index contributed by atoms with van der Waals surface area (Å²) in [5.74, 6) is -0.268. The van der Waals surface area contributed by atoms with Crippen molar-refractivity contribution in [1.82, 2.24) is 9.80 Å². The highest BCUT2D eigenvalue weighted by atomic mass is 35.5. The molecule has 0 N–H and O–H groups in total. The van der Waals surface area contributed by atoms with Crippen LogP contribution in [0.5, 0.6) is 0 Å². The van der Waals surface area contributed by atoms with Gasteiger partial charge in [0.1, 0.15) is 0 Å². The molecule has 2 aliphatic heterocycles. The summed E-state index contributed by atoms with van der Waals surface area (Å²) in [6, 6.07) is 7.07. The van der Waals surface area contributed by atoms with E-state index in [0.29, 0.717) is 37.7 Å². The molecule has 0 spiro atoms. The molecule has 1 aromatic rings. The number of rotatable bonds is 3. The Morgan fingerprint density at radius 1 is 1.04 bits per heavy atom. The van der Waals surface area contributed by atoms with E-state index in [2.05, 4.69) is 0 Å². The lowest BCUT2D eigenvalue weighted by Crippen LogP contribution is -2.53. The molecule has 0 radical (unpaired) electrons. The van der Waals surface area contributed by atoms with Crippen molar-refractivity contribution in [3.8, 4) is 0 Å². The Bertz CT molecular complexity index is 696. The third-order valence-electron chi connectivity index (χ3n) is 5.01. The van der Waals surface area contributed by atoms with Gasteiger partial charge >= 0.3 is 0 Å². The smallest absolute Gasteiger partial charge is 0.228 e. The number of piperazine rings is 1. The van der Waals surface area contributed by atoms with Crippen LogP contribution in [-0.2, 0) is 14.4 Å². The van der Waals surface area contributed by atoms with Gasteiger partial charge in [0, 0.05) is 55.8 Å². The van der Waals surface area contributed by atoms with Gasteiger partial charge in [0.25, 0.3) is 0 Å². The molecule has 0 unspecified atom stereocenters. The molecule has 0 saturated carbocycles. The summed E-state index contributed by atoms with van der Waals surface area (Å²) in [5.41, 5.74) is 0.766. The number of anilines is 1. The highest BCUT2D eigenvalue weighted by Crippen LogP contribution is 2.27. The number of carbonyl (C=O) groups excluding carboxylic acids is 3. The van der Waals surface area contributed by atoms with Crippen LogP contribution in [0.2, 0.25) is 5.02 Å². The molecule has 2 heterocycles. The van der Waals surface area contributed by atoms with Gasteiger partial charge in [-0.3, -0.25) is 14.4 Å². The van der Waals surface area contributed by atoms with Crippen molar-refractivity contribution in [3.63, 3.8) is 0 Å². The Kier molecular flexibility index (Phi) is 5.51. The van der Waals surface area contributed by atoms with Gasteiger partial charge in [-0.05, 0) is 24.3 Å². The van der Waals surface area contributed by atoms with Crippen LogP contribution in [0.15, 0.2) is 24.3 Å². The fourth-order valence-corrected chi connectivity index (χ4v) is 3.64. The van der Waals surface area contributed by atoms with E-state index < -0.39 is 0 Å². The minimum Gasteiger partial charge on any atom is -0.339 e. The van der Waals surface area contributed by atoms with E-state index in [9.17, 15) is 14.4 Å². The van der Waals surface area contributed by atoms with Crippen LogP contribution in [-0.4, -0.2) is 60.2 Å². The van der Waals surface area contributed by atoms with Gasteiger partial charge < -0.3 is 14.7 Å². The van der Waals surface area contributed by atoms with Gasteiger partial charge in [-0.2, -0.15) is 0 Å². The summed E-state index contributed by atoms with van der Waals surface area (Å²) >= 11 is 5.90. The molecule has 0 bridgehead atoms. The zero-order chi connectivity index (χ0) is 18.8. The summed E-state index contributed by atoms with van der Waals surface area (Å²) in [5, 5.41) is 0.613. The molecule has 0 aromatic heterocycles. The maximum atomic E-state index is 12.8. The molecule has 0 aliphatic carbocycles. The largest absolute Gasteiger partial charge is 0.339 e. The molecule has 6 nitrogen and oxygen atoms in total. The predicted octanol–water partition coefficient (Wildman–Crippen LogP) is 2.02. The van der Waals surface area contributed by atoms with Crippen LogP contribution >= 0.6 is 11.6 Å². The Morgan fingerprint density at radius 2 is 1.62 bits per heavy atom. The predicted molar refractivity (Wildman–Crippen MR) is 99.9 cm³/mol. The lowest BCUT2D eigenvalue weighted by molar-refractivity contribution is -0.143. The summed E-state index contributed by atoms with van der Waals surface area (Å²) in [4.78, 5) is 42.5. The van der Waals surface area contributed by atoms with E-state index in [1.807, 2.05) is 18.7 Å². The van der Waals surface area contributed by atoms with E-state index in [0.717, 1.165) is 5.69 Å². The first-order valence-electron chi connectivity index (χ1n) is 9.00. The van der Waals surface area contributed by atoms with Crippen LogP contribution < -0.4 is 4.90 Å². The molecule has 1 aromatic carbocycles. The average Bonchev–Trinajstić information content (AvgIpc) is 3.03. The first-order chi connectivity index (χ1) is 12.4. The van der Waals surface area contributed by atoms with E-state index in [-0.39, 0.29) is 36.0 Å². The Morgan fingerprint density at radius 3 is 2.19 bits per heavy atom. The second-order valence-corrected chi connectivity index (χ2v) is 7.62. The van der Waals surface area contributed by atoms with Crippen LogP contribution in [0, 0.1) is 11.8 Å². The summed E-state index contributed by atoms with van der Waals surface area (Å²) in [6.07, 6.45) is 0.229. The summed E-state index contributed by atoms with van der Waals surface area (Å²) < 4.78 is 0. The third kappa shape index (κ3) is 3.85. The maximum Gasteiger partial charge on any atom is 0.228 e. The van der Waals surface area contributed by atoms with Gasteiger partial charge in [-0.15, -0.1) is 0 Å². The van der Waals surface area contributed by atoms with Gasteiger partial charge in [0.2, 0.25) is 17.7 Å². The van der Waals surface area contributed by atoms with Crippen molar-refractivity contribution in [2.45, 2.75) is 20.3 Å². The zero-order valence-electron chi connectivity index (χ0n) is 15.2. The summed E-state index contributed by atoms with van der Waals surface area (Å²) in [7, 11) is 0. The van der Waals surface area contributed by atoms with Crippen molar-refractivity contribution in [2.75, 3.05) is 37.6 Å². The monoisotopic (exact) mass is 377 g/mol. The topological polar surface area (TPSA) is 60.9 Å². The Labute approximate surface area is 158 Å². The fraction of sp³-hybridized carbons (Fsp3) is 0.526. The SMILES string of the molecule is CC(C)C(=O)N1CCN(C(=O)[C@@H]2CC(=O)N(c3ccc(Cl)cc3)C2)CC1. The Balaban J connectivity index is 1.59. The maximum absolute atomic E-state index is 12.8. The van der Waals surface area contributed by atoms with Crippen LogP contribution in [0.25, 0.3) is 0 Å². The average molecular weight is 378 g/mol. The molecule has 1 atom stereocenters. The van der Waals surface area contributed by atoms with Crippen molar-refractivity contribution in [2.24, 2.45) is 11.8 Å². The second kappa shape index (κ2) is 7.66. The van der Waals surface area contributed by atoms with E-state index in [4.69, 9.17) is 11.6 Å². The van der Waals surface area contributed by atoms with Crippen molar-refractivity contribution < 1.29 is 14.4 Å². The van der Waals surface area contributed by atoms with Crippen LogP contribution in [0.4, 0.5) is 5.69 Å². The second-order valence-electron chi connectivity index (χ2n) is 7.19. The molecule has 2 fully saturated rings. The lowest BCUT2D eigenvalue weighted by Gasteiger charge is -2.36. The van der Waals surface area contributed by atoms with Crippen molar-refractivity contribution in [3.05, 3.63) is 29.3 Å². The molecule has 7 heteroatoms. The van der Waals surface area contributed by atoms with Gasteiger partial charge in [-0.25, -0.2) is 0 Å². The fourth-order valence-electron chi connectivity index (χ4n) is 3.51. The minimum absolute atomic E-state index is 0.00598. The molecular weight excluding hydrogens is 354 g/mol. The number of benzene rings is 1. The van der Waals surface area contributed by atoms with Crippen LogP contribution in [0.1, 0.15) is 20.3 Å². The number of amides is 3. The molecular formula is C19H24ClN3O3. The highest BCUT2D eigenvalue weighted by molar-refractivity contribution is 6.30. The van der Waals surface area contributed by atoms with Gasteiger partial charge in [0.05, 0.1) is 5.92 Å². The van der Waals surface area contributed by atoms with Crippen LogP contribution in [0.3, 0.4) is 0 Å². The third-order valence-corrected chi connectivity index (χ3v) is 5.26. The normalized spacial score (nSPS) is 20.8. The summed E-state index contributed by atoms with van der Waals surface area (Å²) in [6.45, 7) is 6.34. The molecule has 26 heavy (non-hydrogen) atoms. The first-order valence-corrected chi connectivity index (χ1v) is 9.38. The standard InChI is InChI=1S/C19H24ClN3O3/c1-13(2)18(25)21-7-9-22(10-8-21)19(26)14-11-17(24)23(12-14)16-5-3-15(20)4-6-16/h3-6,13-14H,7-12H2,1-2H3/t14-/m1/s1. The molecule has 3 amide bonds. The molecule has 2 saturated heterocycles. The molecule has 3 rings (SSSR count). The Hall–Kier alpha value is -2.08. The number of nitrogens with zero attached hydrogens (tertiary/aromatic N) is 3. The highest BCUT2D eigenvalue weighted by Gasteiger charge is 2.38. The van der Waals surface area contributed by atoms with Gasteiger partial charge in [0.15, 0.2) is 0 Å². The lowest BCUT2D eigenvalue weighted by atomic mass is 10.1. The van der Waals surface area contributed by atoms with Crippen molar-refractivity contribution >= 4 is 35.0 Å². The van der Waals surface area contributed by atoms with Crippen molar-refractivity contribution in [1.29, 1.82) is 0 Å². The molecule has 2 aliphatic rings. The number of carbonyl (C=O) groups is 3. The number of hydrogen-bond acceptors (Lipinski definition) is 3.